The summed E-state index contributed by atoms with van der Waals surface area (Å²) in [6.07, 6.45) is 9.77. The highest BCUT2D eigenvalue weighted by Gasteiger charge is 2.28. The summed E-state index contributed by atoms with van der Waals surface area (Å²) >= 11 is 1.85. The second-order valence-electron chi connectivity index (χ2n) is 6.07. The normalized spacial score (nSPS) is 22.5. The van der Waals surface area contributed by atoms with E-state index in [-0.39, 0.29) is 0 Å². The number of nitrogens with one attached hydrogen (secondary N) is 1. The Hall–Kier alpha value is -0.410. The van der Waals surface area contributed by atoms with E-state index in [9.17, 15) is 0 Å². The van der Waals surface area contributed by atoms with E-state index in [1.165, 1.54) is 62.2 Å². The monoisotopic (exact) mass is 264 g/mol. The predicted octanol–water partition coefficient (Wildman–Crippen LogP) is 3.55. The van der Waals surface area contributed by atoms with Gasteiger partial charge in [-0.05, 0) is 38.1 Å². The molecule has 2 aliphatic rings. The highest BCUT2D eigenvalue weighted by atomic mass is 32.1. The minimum Gasteiger partial charge on any atom is -0.314 e. The first-order valence-corrected chi connectivity index (χ1v) is 8.33. The molecule has 0 spiro atoms. The maximum atomic E-state index is 4.66. The Labute approximate surface area is 114 Å². The molecular weight excluding hydrogens is 240 g/mol. The molecule has 100 valence electrons. The maximum Gasteiger partial charge on any atom is 0.0931 e. The molecule has 2 aliphatic carbocycles. The lowest BCUT2D eigenvalue weighted by molar-refractivity contribution is 0.319. The summed E-state index contributed by atoms with van der Waals surface area (Å²) in [5.74, 6) is 1.76. The summed E-state index contributed by atoms with van der Waals surface area (Å²) < 4.78 is 0. The van der Waals surface area contributed by atoms with Crippen molar-refractivity contribution in [3.63, 3.8) is 0 Å². The van der Waals surface area contributed by atoms with Gasteiger partial charge in [-0.3, -0.25) is 0 Å². The van der Waals surface area contributed by atoms with Crippen molar-refractivity contribution in [3.05, 3.63) is 16.1 Å². The molecule has 2 nitrogen and oxygen atoms in total. The number of aryl methyl sites for hydroxylation is 1. The molecule has 1 aromatic rings. The van der Waals surface area contributed by atoms with Crippen molar-refractivity contribution < 1.29 is 0 Å². The van der Waals surface area contributed by atoms with Crippen molar-refractivity contribution in [1.29, 1.82) is 0 Å². The van der Waals surface area contributed by atoms with Crippen LogP contribution in [0.5, 0.6) is 0 Å². The Morgan fingerprint density at radius 3 is 2.72 bits per heavy atom. The third-order valence-electron chi connectivity index (χ3n) is 4.42. The molecule has 2 saturated carbocycles. The predicted molar refractivity (Wildman–Crippen MR) is 77.0 cm³/mol. The molecule has 0 saturated heterocycles. The Morgan fingerprint density at radius 2 is 2.11 bits per heavy atom. The Kier molecular flexibility index (Phi) is 4.00. The van der Waals surface area contributed by atoms with Gasteiger partial charge < -0.3 is 5.32 Å². The molecule has 18 heavy (non-hydrogen) atoms. The quantitative estimate of drug-likeness (QED) is 0.850. The Bertz CT molecular complexity index is 378. The highest BCUT2D eigenvalue weighted by molar-refractivity contribution is 7.09. The van der Waals surface area contributed by atoms with E-state index in [0.29, 0.717) is 0 Å². The van der Waals surface area contributed by atoms with Crippen LogP contribution in [0.2, 0.25) is 0 Å². The smallest absolute Gasteiger partial charge is 0.0931 e. The van der Waals surface area contributed by atoms with Gasteiger partial charge in [-0.1, -0.05) is 25.7 Å². The zero-order valence-electron chi connectivity index (χ0n) is 11.3. The van der Waals surface area contributed by atoms with Crippen LogP contribution in [0.3, 0.4) is 0 Å². The second kappa shape index (κ2) is 5.70. The van der Waals surface area contributed by atoms with E-state index in [2.05, 4.69) is 22.6 Å². The van der Waals surface area contributed by atoms with Crippen molar-refractivity contribution in [2.24, 2.45) is 11.8 Å². The highest BCUT2D eigenvalue weighted by Crippen LogP contribution is 2.34. The summed E-state index contributed by atoms with van der Waals surface area (Å²) in [5, 5.41) is 7.28. The first kappa shape index (κ1) is 12.6. The van der Waals surface area contributed by atoms with Gasteiger partial charge >= 0.3 is 0 Å². The van der Waals surface area contributed by atoms with Crippen molar-refractivity contribution >= 4 is 11.3 Å². The fraction of sp³-hybridized carbons (Fsp3) is 0.800. The summed E-state index contributed by atoms with van der Waals surface area (Å²) in [5.41, 5.74) is 1.19. The van der Waals surface area contributed by atoms with Gasteiger partial charge in [-0.25, -0.2) is 4.98 Å². The molecule has 1 N–H and O–H groups in total. The van der Waals surface area contributed by atoms with Crippen LogP contribution < -0.4 is 5.32 Å². The van der Waals surface area contributed by atoms with Gasteiger partial charge in [0.15, 0.2) is 0 Å². The molecule has 1 atom stereocenters. The zero-order chi connectivity index (χ0) is 12.4. The SMILES string of the molecule is Cc1csc(CC(CNC2CC2)C2CCCC2)n1. The fourth-order valence-corrected chi connectivity index (χ4v) is 4.03. The third-order valence-corrected chi connectivity index (χ3v) is 5.40. The van der Waals surface area contributed by atoms with E-state index in [4.69, 9.17) is 0 Å². The van der Waals surface area contributed by atoms with Crippen LogP contribution in [0.1, 0.15) is 49.2 Å². The minimum absolute atomic E-state index is 0.818. The largest absolute Gasteiger partial charge is 0.314 e. The van der Waals surface area contributed by atoms with Gasteiger partial charge in [0.1, 0.15) is 0 Å². The number of nitrogens with zero attached hydrogens (tertiary/aromatic N) is 1. The average molecular weight is 264 g/mol. The molecule has 1 aromatic heterocycles. The van der Waals surface area contributed by atoms with Crippen LogP contribution in [0.25, 0.3) is 0 Å². The van der Waals surface area contributed by atoms with Crippen molar-refractivity contribution in [1.82, 2.24) is 10.3 Å². The molecule has 0 bridgehead atoms. The van der Waals surface area contributed by atoms with Gasteiger partial charge in [-0.15, -0.1) is 11.3 Å². The third kappa shape index (κ3) is 3.33. The molecule has 1 unspecified atom stereocenters. The molecular formula is C15H24N2S. The molecule has 0 aromatic carbocycles. The first-order chi connectivity index (χ1) is 8.81. The second-order valence-corrected chi connectivity index (χ2v) is 7.02. The molecule has 1 heterocycles. The average Bonchev–Trinajstić information content (AvgIpc) is 2.86. The zero-order valence-corrected chi connectivity index (χ0v) is 12.1. The topological polar surface area (TPSA) is 24.9 Å². The van der Waals surface area contributed by atoms with Gasteiger partial charge in [0.2, 0.25) is 0 Å². The van der Waals surface area contributed by atoms with Crippen molar-refractivity contribution in [2.45, 2.75) is 57.9 Å². The number of hydrogen-bond donors (Lipinski definition) is 1. The molecule has 2 fully saturated rings. The first-order valence-electron chi connectivity index (χ1n) is 7.45. The molecule has 3 rings (SSSR count). The summed E-state index contributed by atoms with van der Waals surface area (Å²) in [7, 11) is 0. The number of aromatic nitrogens is 1. The number of rotatable bonds is 6. The van der Waals surface area contributed by atoms with E-state index in [1.807, 2.05) is 11.3 Å². The molecule has 0 amide bonds. The maximum absolute atomic E-state index is 4.66. The lowest BCUT2D eigenvalue weighted by Crippen LogP contribution is -2.30. The lowest BCUT2D eigenvalue weighted by Gasteiger charge is -2.23. The Morgan fingerprint density at radius 1 is 1.33 bits per heavy atom. The fourth-order valence-electron chi connectivity index (χ4n) is 3.16. The summed E-state index contributed by atoms with van der Waals surface area (Å²) in [6.45, 7) is 3.32. The van der Waals surface area contributed by atoms with Crippen LogP contribution in [0, 0.1) is 18.8 Å². The van der Waals surface area contributed by atoms with Crippen LogP contribution >= 0.6 is 11.3 Å². The van der Waals surface area contributed by atoms with Crippen LogP contribution in [-0.4, -0.2) is 17.6 Å². The molecule has 0 radical (unpaired) electrons. The minimum atomic E-state index is 0.818. The van der Waals surface area contributed by atoms with Gasteiger partial charge in [-0.2, -0.15) is 0 Å². The van der Waals surface area contributed by atoms with Gasteiger partial charge in [0.05, 0.1) is 5.01 Å². The summed E-state index contributed by atoms with van der Waals surface area (Å²) in [4.78, 5) is 4.66. The summed E-state index contributed by atoms with van der Waals surface area (Å²) in [6, 6.07) is 0.840. The van der Waals surface area contributed by atoms with Gasteiger partial charge in [0.25, 0.3) is 0 Å². The van der Waals surface area contributed by atoms with E-state index in [0.717, 1.165) is 17.9 Å². The van der Waals surface area contributed by atoms with Gasteiger partial charge in [0, 0.05) is 23.5 Å². The van der Waals surface area contributed by atoms with Crippen LogP contribution in [-0.2, 0) is 6.42 Å². The number of hydrogen-bond acceptors (Lipinski definition) is 3. The standard InChI is InChI=1S/C15H24N2S/c1-11-10-18-15(17-11)8-13(9-16-14-6-7-14)12-4-2-3-5-12/h10,12-14,16H,2-9H2,1H3. The molecule has 0 aliphatic heterocycles. The van der Waals surface area contributed by atoms with Crippen molar-refractivity contribution in [3.8, 4) is 0 Å². The number of thiazole rings is 1. The van der Waals surface area contributed by atoms with Crippen molar-refractivity contribution in [2.75, 3.05) is 6.54 Å². The lowest BCUT2D eigenvalue weighted by atomic mass is 9.88. The van der Waals surface area contributed by atoms with Crippen LogP contribution in [0.4, 0.5) is 0 Å². The van der Waals surface area contributed by atoms with E-state index >= 15 is 0 Å². The van der Waals surface area contributed by atoms with Crippen LogP contribution in [0.15, 0.2) is 5.38 Å². The van der Waals surface area contributed by atoms with E-state index in [1.54, 1.807) is 0 Å². The Balaban J connectivity index is 1.59. The molecule has 3 heteroatoms. The van der Waals surface area contributed by atoms with E-state index < -0.39 is 0 Å².